The van der Waals surface area contributed by atoms with Crippen molar-refractivity contribution in [2.24, 2.45) is 0 Å². The molecule has 1 heterocycles. The molecule has 0 spiro atoms. The number of benzene rings is 2. The zero-order chi connectivity index (χ0) is 18.1. The lowest BCUT2D eigenvalue weighted by Gasteiger charge is -2.16. The van der Waals surface area contributed by atoms with Gasteiger partial charge in [0.15, 0.2) is 0 Å². The second-order valence-electron chi connectivity index (χ2n) is 6.19. The lowest BCUT2D eigenvalue weighted by molar-refractivity contribution is 0.0941. The fourth-order valence-electron chi connectivity index (χ4n) is 2.86. The van der Waals surface area contributed by atoms with E-state index in [1.165, 1.54) is 12.1 Å². The molecular formula is C20H18F2N2O. The smallest absolute Gasteiger partial charge is 0.252 e. The van der Waals surface area contributed by atoms with Gasteiger partial charge in [0.05, 0.1) is 17.1 Å². The number of amides is 1. The first-order chi connectivity index (χ1) is 11.8. The Bertz CT molecular complexity index is 969. The monoisotopic (exact) mass is 340 g/mol. The van der Waals surface area contributed by atoms with Crippen molar-refractivity contribution in [3.8, 4) is 0 Å². The predicted molar refractivity (Wildman–Crippen MR) is 93.5 cm³/mol. The third kappa shape index (κ3) is 3.50. The quantitative estimate of drug-likeness (QED) is 0.756. The van der Waals surface area contributed by atoms with Gasteiger partial charge in [-0.15, -0.1) is 0 Å². The Hall–Kier alpha value is -2.82. The first-order valence-corrected chi connectivity index (χ1v) is 7.99. The minimum atomic E-state index is -0.681. The van der Waals surface area contributed by atoms with Crippen molar-refractivity contribution in [3.05, 3.63) is 76.5 Å². The molecule has 0 aliphatic carbocycles. The molecular weight excluding hydrogens is 322 g/mol. The number of halogens is 2. The van der Waals surface area contributed by atoms with Crippen LogP contribution in [0.25, 0.3) is 10.9 Å². The molecule has 0 aliphatic rings. The average molecular weight is 340 g/mol. The number of fused-ring (bicyclic) bond motifs is 1. The summed E-state index contributed by atoms with van der Waals surface area (Å²) in [5, 5.41) is 3.53. The van der Waals surface area contributed by atoms with Crippen LogP contribution in [0.3, 0.4) is 0 Å². The van der Waals surface area contributed by atoms with Gasteiger partial charge in [-0.05, 0) is 45.0 Å². The summed E-state index contributed by atoms with van der Waals surface area (Å²) >= 11 is 0. The fraction of sp³-hybridized carbons (Fsp3) is 0.200. The Morgan fingerprint density at radius 1 is 1.08 bits per heavy atom. The van der Waals surface area contributed by atoms with E-state index < -0.39 is 17.7 Å². The largest absolute Gasteiger partial charge is 0.345 e. The number of nitrogens with one attached hydrogen (secondary N) is 1. The molecule has 1 unspecified atom stereocenters. The number of aryl methyl sites for hydroxylation is 2. The minimum absolute atomic E-state index is 0.237. The molecule has 25 heavy (non-hydrogen) atoms. The summed E-state index contributed by atoms with van der Waals surface area (Å²) in [6.45, 7) is 5.42. The summed E-state index contributed by atoms with van der Waals surface area (Å²) in [5.41, 5.74) is 3.20. The Morgan fingerprint density at radius 2 is 1.84 bits per heavy atom. The average Bonchev–Trinajstić information content (AvgIpc) is 2.54. The highest BCUT2D eigenvalue weighted by atomic mass is 19.1. The van der Waals surface area contributed by atoms with E-state index in [9.17, 15) is 13.6 Å². The summed E-state index contributed by atoms with van der Waals surface area (Å²) in [6.07, 6.45) is 0. The summed E-state index contributed by atoms with van der Waals surface area (Å²) in [6, 6.07) is 10.2. The molecule has 2 aromatic carbocycles. The number of nitrogens with zero attached hydrogens (tertiary/aromatic N) is 1. The van der Waals surface area contributed by atoms with E-state index in [2.05, 4.69) is 10.3 Å². The van der Waals surface area contributed by atoms with Gasteiger partial charge in [0, 0.05) is 22.7 Å². The van der Waals surface area contributed by atoms with E-state index in [-0.39, 0.29) is 11.5 Å². The molecule has 0 radical (unpaired) electrons. The van der Waals surface area contributed by atoms with Crippen molar-refractivity contribution in [1.29, 1.82) is 0 Å². The lowest BCUT2D eigenvalue weighted by atomic mass is 10.0. The van der Waals surface area contributed by atoms with Crippen LogP contribution < -0.4 is 5.32 Å². The number of rotatable bonds is 3. The van der Waals surface area contributed by atoms with Crippen LogP contribution in [-0.4, -0.2) is 10.9 Å². The molecule has 0 saturated carbocycles. The molecule has 1 aromatic heterocycles. The third-order valence-electron chi connectivity index (χ3n) is 4.11. The molecule has 0 aliphatic heterocycles. The van der Waals surface area contributed by atoms with Crippen LogP contribution >= 0.6 is 0 Å². The molecule has 3 nitrogen and oxygen atoms in total. The maximum Gasteiger partial charge on any atom is 0.252 e. The van der Waals surface area contributed by atoms with Crippen molar-refractivity contribution >= 4 is 16.8 Å². The Balaban J connectivity index is 1.95. The van der Waals surface area contributed by atoms with Crippen LogP contribution in [0.5, 0.6) is 0 Å². The van der Waals surface area contributed by atoms with Crippen LogP contribution in [0.2, 0.25) is 0 Å². The number of carbonyl (C=O) groups is 1. The van der Waals surface area contributed by atoms with Crippen molar-refractivity contribution in [3.63, 3.8) is 0 Å². The zero-order valence-corrected chi connectivity index (χ0v) is 14.2. The van der Waals surface area contributed by atoms with E-state index in [1.807, 2.05) is 32.0 Å². The highest BCUT2D eigenvalue weighted by molar-refractivity contribution is 6.06. The number of pyridine rings is 1. The molecule has 3 aromatic rings. The van der Waals surface area contributed by atoms with Gasteiger partial charge in [-0.3, -0.25) is 9.78 Å². The van der Waals surface area contributed by atoms with E-state index in [4.69, 9.17) is 0 Å². The molecule has 0 bridgehead atoms. The van der Waals surface area contributed by atoms with Gasteiger partial charge >= 0.3 is 0 Å². The number of aromatic nitrogens is 1. The van der Waals surface area contributed by atoms with Crippen LogP contribution in [0.4, 0.5) is 8.78 Å². The number of hydrogen-bond donors (Lipinski definition) is 1. The molecule has 0 saturated heterocycles. The topological polar surface area (TPSA) is 42.0 Å². The third-order valence-corrected chi connectivity index (χ3v) is 4.11. The van der Waals surface area contributed by atoms with Crippen molar-refractivity contribution in [2.75, 3.05) is 0 Å². The summed E-state index contributed by atoms with van der Waals surface area (Å²) in [4.78, 5) is 17.2. The Kier molecular flexibility index (Phi) is 4.49. The van der Waals surface area contributed by atoms with Crippen LogP contribution in [0, 0.1) is 25.5 Å². The first kappa shape index (κ1) is 17.0. The second-order valence-corrected chi connectivity index (χ2v) is 6.19. The van der Waals surface area contributed by atoms with E-state index in [0.717, 1.165) is 28.2 Å². The summed E-state index contributed by atoms with van der Waals surface area (Å²) in [7, 11) is 0. The molecule has 5 heteroatoms. The molecule has 0 fully saturated rings. The fourth-order valence-corrected chi connectivity index (χ4v) is 2.86. The van der Waals surface area contributed by atoms with Crippen LogP contribution in [0.15, 0.2) is 42.5 Å². The maximum absolute atomic E-state index is 13.9. The molecule has 128 valence electrons. The number of hydrogen-bond acceptors (Lipinski definition) is 2. The van der Waals surface area contributed by atoms with Crippen molar-refractivity contribution in [1.82, 2.24) is 10.3 Å². The van der Waals surface area contributed by atoms with E-state index in [1.54, 1.807) is 13.0 Å². The highest BCUT2D eigenvalue weighted by Crippen LogP contribution is 2.22. The minimum Gasteiger partial charge on any atom is -0.345 e. The Labute approximate surface area is 144 Å². The SMILES string of the molecule is Cc1ccc2nc(C)cc(C(=O)NC(C)c3ccc(F)cc3F)c2c1. The van der Waals surface area contributed by atoms with Gasteiger partial charge < -0.3 is 5.32 Å². The van der Waals surface area contributed by atoms with Gasteiger partial charge in [-0.1, -0.05) is 17.7 Å². The predicted octanol–water partition coefficient (Wildman–Crippen LogP) is 4.62. The summed E-state index contributed by atoms with van der Waals surface area (Å²) in [5.74, 6) is -1.65. The van der Waals surface area contributed by atoms with Gasteiger partial charge in [0.1, 0.15) is 11.6 Å². The Morgan fingerprint density at radius 3 is 2.56 bits per heavy atom. The van der Waals surface area contributed by atoms with E-state index >= 15 is 0 Å². The highest BCUT2D eigenvalue weighted by Gasteiger charge is 2.18. The van der Waals surface area contributed by atoms with Crippen molar-refractivity contribution in [2.45, 2.75) is 26.8 Å². The van der Waals surface area contributed by atoms with Crippen molar-refractivity contribution < 1.29 is 13.6 Å². The molecule has 1 amide bonds. The first-order valence-electron chi connectivity index (χ1n) is 7.99. The molecule has 3 rings (SSSR count). The normalized spacial score (nSPS) is 12.2. The lowest BCUT2D eigenvalue weighted by Crippen LogP contribution is -2.27. The van der Waals surface area contributed by atoms with Gasteiger partial charge in [0.2, 0.25) is 0 Å². The number of carbonyl (C=O) groups excluding carboxylic acids is 1. The maximum atomic E-state index is 13.9. The molecule has 1 atom stereocenters. The van der Waals surface area contributed by atoms with Gasteiger partial charge in [-0.2, -0.15) is 0 Å². The zero-order valence-electron chi connectivity index (χ0n) is 14.2. The molecule has 1 N–H and O–H groups in total. The standard InChI is InChI=1S/C20H18F2N2O/c1-11-4-7-19-16(8-11)17(9-12(2)23-19)20(25)24-13(3)15-6-5-14(21)10-18(15)22/h4-10,13H,1-3H3,(H,24,25). The van der Waals surface area contributed by atoms with Crippen LogP contribution in [-0.2, 0) is 0 Å². The summed E-state index contributed by atoms with van der Waals surface area (Å²) < 4.78 is 27.0. The van der Waals surface area contributed by atoms with Crippen LogP contribution in [0.1, 0.15) is 40.1 Å². The second kappa shape index (κ2) is 6.59. The van der Waals surface area contributed by atoms with Gasteiger partial charge in [-0.25, -0.2) is 8.78 Å². The van der Waals surface area contributed by atoms with Gasteiger partial charge in [0.25, 0.3) is 5.91 Å². The van der Waals surface area contributed by atoms with E-state index in [0.29, 0.717) is 5.56 Å².